The van der Waals surface area contributed by atoms with Crippen molar-refractivity contribution in [3.8, 4) is 22.6 Å². The van der Waals surface area contributed by atoms with Gasteiger partial charge in [0.1, 0.15) is 11.5 Å². The summed E-state index contributed by atoms with van der Waals surface area (Å²) in [6, 6.07) is 12.5. The summed E-state index contributed by atoms with van der Waals surface area (Å²) in [5, 5.41) is 20.8. The van der Waals surface area contributed by atoms with Gasteiger partial charge in [0.25, 0.3) is 0 Å². The molecule has 0 heterocycles. The highest BCUT2D eigenvalue weighted by Crippen LogP contribution is 2.27. The number of nitrogens with zero attached hydrogens (tertiary/aromatic N) is 1. The number of hydrogen-bond donors (Lipinski definition) is 2. The van der Waals surface area contributed by atoms with Gasteiger partial charge in [-0.2, -0.15) is 0 Å². The molecule has 0 aliphatic heterocycles. The molecule has 0 amide bonds. The van der Waals surface area contributed by atoms with Crippen LogP contribution in [0.4, 0.5) is 0 Å². The van der Waals surface area contributed by atoms with Crippen LogP contribution in [0.3, 0.4) is 0 Å². The van der Waals surface area contributed by atoms with Crippen LogP contribution in [-0.2, 0) is 0 Å². The van der Waals surface area contributed by atoms with Gasteiger partial charge in [0, 0.05) is 5.56 Å². The van der Waals surface area contributed by atoms with Crippen LogP contribution in [0.15, 0.2) is 47.6 Å². The van der Waals surface area contributed by atoms with Crippen LogP contribution in [0.2, 0.25) is 0 Å². The Hall–Kier alpha value is -2.49. The molecule has 0 saturated carbocycles. The summed E-state index contributed by atoms with van der Waals surface area (Å²) in [5.74, 6) is 0.855. The molecule has 0 fully saturated rings. The number of hydrogen-bond acceptors (Lipinski definition) is 4. The number of rotatable bonds is 3. The molecule has 0 bridgehead atoms. The Morgan fingerprint density at radius 1 is 1.06 bits per heavy atom. The molecule has 0 saturated heterocycles. The van der Waals surface area contributed by atoms with Gasteiger partial charge in [-0.15, -0.1) is 0 Å². The Morgan fingerprint density at radius 2 is 1.72 bits per heavy atom. The molecule has 4 nitrogen and oxygen atoms in total. The average molecular weight is 243 g/mol. The standard InChI is InChI=1S/C14H13NO3/c1-18-14-8-11(2-3-12(14)9-15-17)10-4-6-13(16)7-5-10/h2-9,16-17H,1H3/b15-9+. The van der Waals surface area contributed by atoms with Gasteiger partial charge < -0.3 is 15.1 Å². The maximum absolute atomic E-state index is 9.25. The van der Waals surface area contributed by atoms with Crippen molar-refractivity contribution in [3.63, 3.8) is 0 Å². The highest BCUT2D eigenvalue weighted by atomic mass is 16.5. The van der Waals surface area contributed by atoms with E-state index in [1.807, 2.05) is 24.3 Å². The topological polar surface area (TPSA) is 62.0 Å². The third-order valence-electron chi connectivity index (χ3n) is 2.63. The largest absolute Gasteiger partial charge is 0.508 e. The van der Waals surface area contributed by atoms with Gasteiger partial charge in [-0.1, -0.05) is 23.4 Å². The van der Waals surface area contributed by atoms with Crippen molar-refractivity contribution in [1.82, 2.24) is 0 Å². The monoisotopic (exact) mass is 243 g/mol. The third-order valence-corrected chi connectivity index (χ3v) is 2.63. The van der Waals surface area contributed by atoms with Gasteiger partial charge in [0.15, 0.2) is 0 Å². The van der Waals surface area contributed by atoms with E-state index in [4.69, 9.17) is 9.94 Å². The molecule has 2 aromatic carbocycles. The number of benzene rings is 2. The molecule has 0 unspecified atom stereocenters. The van der Waals surface area contributed by atoms with Crippen LogP contribution < -0.4 is 4.74 Å². The van der Waals surface area contributed by atoms with Crippen LogP contribution >= 0.6 is 0 Å². The number of methoxy groups -OCH3 is 1. The molecule has 2 N–H and O–H groups in total. The van der Waals surface area contributed by atoms with Gasteiger partial charge in [-0.05, 0) is 35.4 Å². The van der Waals surface area contributed by atoms with Crippen molar-refractivity contribution in [2.75, 3.05) is 7.11 Å². The van der Waals surface area contributed by atoms with Crippen molar-refractivity contribution in [3.05, 3.63) is 48.0 Å². The molecule has 2 rings (SSSR count). The maximum atomic E-state index is 9.25. The van der Waals surface area contributed by atoms with E-state index in [0.29, 0.717) is 11.3 Å². The van der Waals surface area contributed by atoms with Gasteiger partial charge >= 0.3 is 0 Å². The lowest BCUT2D eigenvalue weighted by Crippen LogP contribution is -1.91. The first-order valence-corrected chi connectivity index (χ1v) is 5.39. The highest BCUT2D eigenvalue weighted by molar-refractivity contribution is 5.85. The number of oxime groups is 1. The van der Waals surface area contributed by atoms with E-state index in [9.17, 15) is 5.11 Å². The predicted octanol–water partition coefficient (Wildman–Crippen LogP) is 2.88. The minimum Gasteiger partial charge on any atom is -0.508 e. The number of phenols is 1. The summed E-state index contributed by atoms with van der Waals surface area (Å²) in [5.41, 5.74) is 2.63. The Bertz CT molecular complexity index is 562. The van der Waals surface area contributed by atoms with E-state index in [1.165, 1.54) is 6.21 Å². The summed E-state index contributed by atoms with van der Waals surface area (Å²) < 4.78 is 5.23. The lowest BCUT2D eigenvalue weighted by atomic mass is 10.0. The first kappa shape index (κ1) is 12.0. The van der Waals surface area contributed by atoms with Gasteiger partial charge in [0.05, 0.1) is 13.3 Å². The molecular weight excluding hydrogens is 230 g/mol. The average Bonchev–Trinajstić information content (AvgIpc) is 2.40. The van der Waals surface area contributed by atoms with Gasteiger partial charge in [-0.3, -0.25) is 0 Å². The summed E-state index contributed by atoms with van der Waals surface area (Å²) in [6.45, 7) is 0. The molecule has 18 heavy (non-hydrogen) atoms. The molecular formula is C14H13NO3. The third kappa shape index (κ3) is 2.43. The molecule has 92 valence electrons. The zero-order valence-corrected chi connectivity index (χ0v) is 9.87. The van der Waals surface area contributed by atoms with Crippen LogP contribution in [0.1, 0.15) is 5.56 Å². The first-order valence-electron chi connectivity index (χ1n) is 5.39. The van der Waals surface area contributed by atoms with E-state index >= 15 is 0 Å². The van der Waals surface area contributed by atoms with E-state index < -0.39 is 0 Å². The lowest BCUT2D eigenvalue weighted by molar-refractivity contribution is 0.321. The predicted molar refractivity (Wildman–Crippen MR) is 69.5 cm³/mol. The molecule has 0 aromatic heterocycles. The van der Waals surface area contributed by atoms with Crippen LogP contribution in [0.25, 0.3) is 11.1 Å². The summed E-state index contributed by atoms with van der Waals surface area (Å²) >= 11 is 0. The molecule has 4 heteroatoms. The molecule has 0 aliphatic carbocycles. The quantitative estimate of drug-likeness (QED) is 0.495. The van der Waals surface area contributed by atoms with E-state index in [2.05, 4.69) is 5.16 Å². The number of aromatic hydroxyl groups is 1. The van der Waals surface area contributed by atoms with E-state index in [-0.39, 0.29) is 5.75 Å². The summed E-state index contributed by atoms with van der Waals surface area (Å²) in [6.07, 6.45) is 1.32. The second-order valence-electron chi connectivity index (χ2n) is 3.75. The Balaban J connectivity index is 2.43. The Kier molecular flexibility index (Phi) is 3.48. The Labute approximate surface area is 105 Å². The zero-order valence-electron chi connectivity index (χ0n) is 9.87. The van der Waals surface area contributed by atoms with Crippen LogP contribution in [-0.4, -0.2) is 23.6 Å². The van der Waals surface area contributed by atoms with Crippen molar-refractivity contribution in [1.29, 1.82) is 0 Å². The fraction of sp³-hybridized carbons (Fsp3) is 0.0714. The molecule has 0 atom stereocenters. The van der Waals surface area contributed by atoms with E-state index in [1.54, 1.807) is 25.3 Å². The minimum absolute atomic E-state index is 0.231. The second-order valence-corrected chi connectivity index (χ2v) is 3.75. The maximum Gasteiger partial charge on any atom is 0.128 e. The van der Waals surface area contributed by atoms with Gasteiger partial charge in [-0.25, -0.2) is 0 Å². The Morgan fingerprint density at radius 3 is 2.33 bits per heavy atom. The fourth-order valence-electron chi connectivity index (χ4n) is 1.71. The van der Waals surface area contributed by atoms with Crippen molar-refractivity contribution < 1.29 is 15.1 Å². The number of ether oxygens (including phenoxy) is 1. The molecule has 0 spiro atoms. The summed E-state index contributed by atoms with van der Waals surface area (Å²) in [7, 11) is 1.56. The van der Waals surface area contributed by atoms with Crippen LogP contribution in [0, 0.1) is 0 Å². The smallest absolute Gasteiger partial charge is 0.128 e. The van der Waals surface area contributed by atoms with Crippen molar-refractivity contribution in [2.24, 2.45) is 5.16 Å². The second kappa shape index (κ2) is 5.23. The first-order chi connectivity index (χ1) is 8.74. The molecule has 2 aromatic rings. The molecule has 0 radical (unpaired) electrons. The van der Waals surface area contributed by atoms with Crippen LogP contribution in [0.5, 0.6) is 11.5 Å². The van der Waals surface area contributed by atoms with Crippen molar-refractivity contribution in [2.45, 2.75) is 0 Å². The fourth-order valence-corrected chi connectivity index (χ4v) is 1.71. The lowest BCUT2D eigenvalue weighted by Gasteiger charge is -2.08. The highest BCUT2D eigenvalue weighted by Gasteiger charge is 2.04. The van der Waals surface area contributed by atoms with Crippen molar-refractivity contribution >= 4 is 6.21 Å². The van der Waals surface area contributed by atoms with Gasteiger partial charge in [0.2, 0.25) is 0 Å². The summed E-state index contributed by atoms with van der Waals surface area (Å²) in [4.78, 5) is 0. The molecule has 0 aliphatic rings. The minimum atomic E-state index is 0.231. The SMILES string of the molecule is COc1cc(-c2ccc(O)cc2)ccc1/C=N/O. The normalized spacial score (nSPS) is 10.7. The number of phenolic OH excluding ortho intramolecular Hbond substituents is 1. The zero-order chi connectivity index (χ0) is 13.0. The van der Waals surface area contributed by atoms with E-state index in [0.717, 1.165) is 11.1 Å².